The summed E-state index contributed by atoms with van der Waals surface area (Å²) in [6, 6.07) is 0. The fraction of sp³-hybridized carbons (Fsp3) is 0.789. The van der Waals surface area contributed by atoms with Gasteiger partial charge in [0.05, 0.1) is 0 Å². The van der Waals surface area contributed by atoms with Gasteiger partial charge in [-0.3, -0.25) is 0 Å². The molecule has 0 saturated heterocycles. The quantitative estimate of drug-likeness (QED) is 0.502. The number of allylic oxidation sites excluding steroid dienone is 4. The van der Waals surface area contributed by atoms with Gasteiger partial charge in [0.25, 0.3) is 0 Å². The third-order valence-corrected chi connectivity index (χ3v) is 7.39. The van der Waals surface area contributed by atoms with Crippen LogP contribution >= 0.6 is 0 Å². The van der Waals surface area contributed by atoms with Crippen LogP contribution in [-0.4, -0.2) is 0 Å². The van der Waals surface area contributed by atoms with Crippen molar-refractivity contribution in [2.45, 2.75) is 65.2 Å². The Labute approximate surface area is 118 Å². The van der Waals surface area contributed by atoms with E-state index in [9.17, 15) is 0 Å². The minimum atomic E-state index is 0.422. The van der Waals surface area contributed by atoms with E-state index >= 15 is 0 Å². The van der Waals surface area contributed by atoms with Crippen LogP contribution in [0.5, 0.6) is 0 Å². The van der Waals surface area contributed by atoms with Gasteiger partial charge >= 0.3 is 0 Å². The lowest BCUT2D eigenvalue weighted by Gasteiger charge is -2.56. The van der Waals surface area contributed by atoms with E-state index in [1.54, 1.807) is 5.57 Å². The summed E-state index contributed by atoms with van der Waals surface area (Å²) in [5.41, 5.74) is 2.90. The second kappa shape index (κ2) is 3.99. The Kier molecular flexibility index (Phi) is 2.57. The highest BCUT2D eigenvalue weighted by Crippen LogP contribution is 2.64. The second-order valence-corrected chi connectivity index (χ2v) is 8.15. The molecule has 0 unspecified atom stereocenters. The molecule has 0 aromatic heterocycles. The van der Waals surface area contributed by atoms with Crippen LogP contribution < -0.4 is 0 Å². The molecule has 0 aliphatic heterocycles. The first-order valence-corrected chi connectivity index (χ1v) is 8.51. The Morgan fingerprint density at radius 3 is 2.84 bits per heavy atom. The molecule has 0 N–H and O–H groups in total. The van der Waals surface area contributed by atoms with E-state index in [-0.39, 0.29) is 0 Å². The number of hydrogen-bond donors (Lipinski definition) is 0. The molecule has 4 rings (SSSR count). The van der Waals surface area contributed by atoms with Crippen LogP contribution in [0.4, 0.5) is 0 Å². The first-order chi connectivity index (χ1) is 9.13. The molecule has 0 aromatic rings. The van der Waals surface area contributed by atoms with Gasteiger partial charge in [0, 0.05) is 5.41 Å². The molecule has 5 atom stereocenters. The second-order valence-electron chi connectivity index (χ2n) is 8.15. The molecular weight excluding hydrogens is 228 g/mol. The molecule has 0 aromatic carbocycles. The van der Waals surface area contributed by atoms with Crippen molar-refractivity contribution in [1.29, 1.82) is 0 Å². The van der Waals surface area contributed by atoms with Crippen LogP contribution in [0.3, 0.4) is 0 Å². The van der Waals surface area contributed by atoms with E-state index < -0.39 is 0 Å². The standard InChI is InChI=1S/C19H28/c1-18-11-5-7-16(18)15-9-8-14-6-3-4-12-19(14,2)17(15)10-13-18/h4,6,12,15-17H,3,5,7-11,13H2,1-2H3/t15-,16-,17+,18-,19-/m0/s1. The van der Waals surface area contributed by atoms with Crippen molar-refractivity contribution in [3.8, 4) is 0 Å². The molecule has 4 aliphatic rings. The van der Waals surface area contributed by atoms with Crippen LogP contribution in [0.15, 0.2) is 23.8 Å². The maximum Gasteiger partial charge on any atom is 0.00936 e. The molecule has 0 heterocycles. The minimum absolute atomic E-state index is 0.422. The summed E-state index contributed by atoms with van der Waals surface area (Å²) in [5.74, 6) is 3.01. The third kappa shape index (κ3) is 1.58. The van der Waals surface area contributed by atoms with Crippen LogP contribution in [-0.2, 0) is 0 Å². The summed E-state index contributed by atoms with van der Waals surface area (Å²) >= 11 is 0. The molecule has 0 spiro atoms. The smallest absolute Gasteiger partial charge is 0.00936 e. The lowest BCUT2D eigenvalue weighted by atomic mass is 9.48. The molecule has 3 saturated carbocycles. The highest BCUT2D eigenvalue weighted by molar-refractivity contribution is 5.31. The largest absolute Gasteiger partial charge is 0.0839 e. The van der Waals surface area contributed by atoms with Gasteiger partial charge in [0.2, 0.25) is 0 Å². The van der Waals surface area contributed by atoms with Gasteiger partial charge in [-0.05, 0) is 68.1 Å². The first-order valence-electron chi connectivity index (χ1n) is 8.51. The third-order valence-electron chi connectivity index (χ3n) is 7.39. The van der Waals surface area contributed by atoms with E-state index in [2.05, 4.69) is 32.1 Å². The molecule has 0 heteroatoms. The van der Waals surface area contributed by atoms with Crippen LogP contribution in [0.2, 0.25) is 0 Å². The van der Waals surface area contributed by atoms with Gasteiger partial charge in [-0.2, -0.15) is 0 Å². The Hall–Kier alpha value is -0.520. The first kappa shape index (κ1) is 12.2. The highest BCUT2D eigenvalue weighted by atomic mass is 14.6. The van der Waals surface area contributed by atoms with Gasteiger partial charge < -0.3 is 0 Å². The Morgan fingerprint density at radius 2 is 1.95 bits per heavy atom. The van der Waals surface area contributed by atoms with Crippen LogP contribution in [0.1, 0.15) is 65.2 Å². The van der Waals surface area contributed by atoms with Gasteiger partial charge in [0.1, 0.15) is 0 Å². The zero-order chi connectivity index (χ0) is 13.1. The summed E-state index contributed by atoms with van der Waals surface area (Å²) in [4.78, 5) is 0. The van der Waals surface area contributed by atoms with Crippen molar-refractivity contribution in [3.63, 3.8) is 0 Å². The Balaban J connectivity index is 1.71. The van der Waals surface area contributed by atoms with Crippen LogP contribution in [0, 0.1) is 28.6 Å². The Morgan fingerprint density at radius 1 is 1.05 bits per heavy atom. The van der Waals surface area contributed by atoms with Gasteiger partial charge in [0.15, 0.2) is 0 Å². The van der Waals surface area contributed by atoms with Crippen molar-refractivity contribution < 1.29 is 0 Å². The number of rotatable bonds is 0. The van der Waals surface area contributed by atoms with Crippen molar-refractivity contribution in [3.05, 3.63) is 23.8 Å². The molecule has 104 valence electrons. The maximum absolute atomic E-state index is 2.60. The van der Waals surface area contributed by atoms with Gasteiger partial charge in [-0.15, -0.1) is 0 Å². The Bertz CT molecular complexity index is 443. The summed E-state index contributed by atoms with van der Waals surface area (Å²) in [6.45, 7) is 5.15. The van der Waals surface area contributed by atoms with E-state index in [1.807, 2.05) is 0 Å². The zero-order valence-corrected chi connectivity index (χ0v) is 12.6. The predicted octanol–water partition coefficient (Wildman–Crippen LogP) is 5.51. The summed E-state index contributed by atoms with van der Waals surface area (Å²) in [5, 5.41) is 0. The summed E-state index contributed by atoms with van der Waals surface area (Å²) in [7, 11) is 0. The van der Waals surface area contributed by atoms with E-state index in [4.69, 9.17) is 0 Å². The van der Waals surface area contributed by atoms with Crippen molar-refractivity contribution in [1.82, 2.24) is 0 Å². The van der Waals surface area contributed by atoms with E-state index in [0.717, 1.165) is 17.8 Å². The highest BCUT2D eigenvalue weighted by Gasteiger charge is 2.54. The average Bonchev–Trinajstić information content (AvgIpc) is 2.79. The maximum atomic E-state index is 2.60. The summed E-state index contributed by atoms with van der Waals surface area (Å²) < 4.78 is 0. The fourth-order valence-corrected chi connectivity index (χ4v) is 6.33. The monoisotopic (exact) mass is 256 g/mol. The summed E-state index contributed by atoms with van der Waals surface area (Å²) in [6.07, 6.45) is 19.1. The molecule has 3 fully saturated rings. The normalized spacial score (nSPS) is 52.1. The molecule has 4 aliphatic carbocycles. The number of fused-ring (bicyclic) bond motifs is 5. The fourth-order valence-electron chi connectivity index (χ4n) is 6.33. The van der Waals surface area contributed by atoms with Crippen molar-refractivity contribution >= 4 is 0 Å². The number of hydrogen-bond acceptors (Lipinski definition) is 0. The molecule has 0 bridgehead atoms. The van der Waals surface area contributed by atoms with Crippen molar-refractivity contribution in [2.75, 3.05) is 0 Å². The SMILES string of the molecule is C[C@@]12CCC[C@H]1[C@@H]1CCC3=CCC=C[C@]3(C)[C@@H]1CC2. The average molecular weight is 256 g/mol. The lowest BCUT2D eigenvalue weighted by Crippen LogP contribution is -2.47. The lowest BCUT2D eigenvalue weighted by molar-refractivity contribution is -0.0153. The van der Waals surface area contributed by atoms with E-state index in [0.29, 0.717) is 10.8 Å². The topological polar surface area (TPSA) is 0 Å². The van der Waals surface area contributed by atoms with Crippen molar-refractivity contribution in [2.24, 2.45) is 28.6 Å². The zero-order valence-electron chi connectivity index (χ0n) is 12.6. The molecule has 0 radical (unpaired) electrons. The molecule has 0 amide bonds. The van der Waals surface area contributed by atoms with Gasteiger partial charge in [-0.25, -0.2) is 0 Å². The van der Waals surface area contributed by atoms with E-state index in [1.165, 1.54) is 51.4 Å². The molecular formula is C19H28. The minimum Gasteiger partial charge on any atom is -0.0839 e. The molecule has 0 nitrogen and oxygen atoms in total. The predicted molar refractivity (Wildman–Crippen MR) is 80.8 cm³/mol. The van der Waals surface area contributed by atoms with Gasteiger partial charge in [-0.1, -0.05) is 44.1 Å². The van der Waals surface area contributed by atoms with Crippen LogP contribution in [0.25, 0.3) is 0 Å². The molecule has 19 heavy (non-hydrogen) atoms.